The van der Waals surface area contributed by atoms with Gasteiger partial charge in [-0.05, 0) is 43.4 Å². The lowest BCUT2D eigenvalue weighted by Crippen LogP contribution is -2.43. The molecule has 3 fully saturated rings. The summed E-state index contributed by atoms with van der Waals surface area (Å²) in [6, 6.07) is 0. The first-order valence-corrected chi connectivity index (χ1v) is 15.5. The Morgan fingerprint density at radius 2 is 1.83 bits per heavy atom. The molecule has 0 spiro atoms. The molecule has 3 aliphatic rings. The fourth-order valence-electron chi connectivity index (χ4n) is 6.01. The number of fused-ring (bicyclic) bond motifs is 2. The van der Waals surface area contributed by atoms with Crippen LogP contribution in [0.5, 0.6) is 0 Å². The highest BCUT2D eigenvalue weighted by atomic mass is 32.3. The summed E-state index contributed by atoms with van der Waals surface area (Å²) in [4.78, 5) is 25.5. The van der Waals surface area contributed by atoms with E-state index in [4.69, 9.17) is 3.63 Å². The van der Waals surface area contributed by atoms with Gasteiger partial charge in [0.05, 0.1) is 16.9 Å². The Bertz CT molecular complexity index is 752. The van der Waals surface area contributed by atoms with Crippen LogP contribution in [0.1, 0.15) is 91.4 Å². The van der Waals surface area contributed by atoms with Crippen LogP contribution in [-0.4, -0.2) is 43.0 Å². The molecule has 1 saturated heterocycles. The Morgan fingerprint density at radius 3 is 2.40 bits per heavy atom. The van der Waals surface area contributed by atoms with Gasteiger partial charge in [-0.2, -0.15) is 8.42 Å². The molecule has 174 valence electrons. The van der Waals surface area contributed by atoms with Crippen LogP contribution in [0, 0.1) is 16.7 Å². The fourth-order valence-corrected chi connectivity index (χ4v) is 12.7. The maximum atomic E-state index is 13.3. The highest BCUT2D eigenvalue weighted by molar-refractivity contribution is 8.33. The molecule has 0 aromatic rings. The van der Waals surface area contributed by atoms with Crippen LogP contribution in [0.15, 0.2) is 0 Å². The number of hydrogen-bond donors (Lipinski definition) is 0. The monoisotopic (exact) mass is 460 g/mol. The Morgan fingerprint density at radius 1 is 1.13 bits per heavy atom. The fraction of sp³-hybridized carbons (Fsp3) is 0.913. The zero-order valence-electron chi connectivity index (χ0n) is 19.0. The summed E-state index contributed by atoms with van der Waals surface area (Å²) >= 11 is 0. The average molecular weight is 461 g/mol. The normalized spacial score (nSPS) is 31.0. The van der Waals surface area contributed by atoms with Crippen molar-refractivity contribution in [2.45, 2.75) is 91.4 Å². The summed E-state index contributed by atoms with van der Waals surface area (Å²) < 4.78 is 32.6. The van der Waals surface area contributed by atoms with Crippen LogP contribution in [-0.2, 0) is 23.3 Å². The van der Waals surface area contributed by atoms with Crippen LogP contribution in [0.3, 0.4) is 0 Å². The molecule has 3 rings (SSSR count). The third-order valence-electron chi connectivity index (χ3n) is 8.08. The summed E-state index contributed by atoms with van der Waals surface area (Å²) in [6.45, 7) is 6.24. The lowest BCUT2D eigenvalue weighted by molar-refractivity contribution is -0.128. The standard InChI is InChI=1S/C23H40O5S2/c1-4-5-6-8-11-20(24)17-29(14-9-7-10-15-29)28-30(26,27)18-23-13-12-19(16-21(23)25)22(23,2)3/h19H,4-18H2,1-3H3. The number of hydrogen-bond acceptors (Lipinski definition) is 5. The first-order valence-electron chi connectivity index (χ1n) is 11.8. The van der Waals surface area contributed by atoms with Crippen LogP contribution in [0.4, 0.5) is 0 Å². The predicted octanol–water partition coefficient (Wildman–Crippen LogP) is 5.17. The van der Waals surface area contributed by atoms with Gasteiger partial charge in [-0.3, -0.25) is 9.59 Å². The van der Waals surface area contributed by atoms with E-state index in [2.05, 4.69) is 6.92 Å². The molecule has 7 heteroatoms. The Hall–Kier alpha value is -0.400. The third-order valence-corrected chi connectivity index (χ3v) is 13.8. The molecule has 30 heavy (non-hydrogen) atoms. The number of unbranched alkanes of at least 4 members (excludes halogenated alkanes) is 3. The summed E-state index contributed by atoms with van der Waals surface area (Å²) in [5.74, 6) is 1.97. The molecular weight excluding hydrogens is 420 g/mol. The second kappa shape index (κ2) is 9.22. The van der Waals surface area contributed by atoms with Gasteiger partial charge in [0.1, 0.15) is 11.6 Å². The predicted molar refractivity (Wildman–Crippen MR) is 123 cm³/mol. The smallest absolute Gasteiger partial charge is 0.277 e. The SMILES string of the molecule is CCCCCCC(=O)CS1(OS(=O)(=O)CC23CCC(CC2=O)C3(C)C)CCCCC1. The second-order valence-electron chi connectivity index (χ2n) is 10.4. The van der Waals surface area contributed by atoms with E-state index in [1.165, 1.54) is 0 Å². The van der Waals surface area contributed by atoms with E-state index in [-0.39, 0.29) is 34.4 Å². The maximum Gasteiger partial charge on any atom is 0.277 e. The molecule has 1 heterocycles. The lowest BCUT2D eigenvalue weighted by atomic mass is 9.70. The molecule has 1 aliphatic heterocycles. The number of rotatable bonds is 11. The molecule has 2 aliphatic carbocycles. The van der Waals surface area contributed by atoms with Crippen molar-refractivity contribution in [1.29, 1.82) is 0 Å². The van der Waals surface area contributed by atoms with Crippen molar-refractivity contribution < 1.29 is 21.6 Å². The highest BCUT2D eigenvalue weighted by Crippen LogP contribution is 2.65. The summed E-state index contributed by atoms with van der Waals surface area (Å²) in [5.41, 5.74) is -1.11. The third kappa shape index (κ3) is 4.83. The summed E-state index contributed by atoms with van der Waals surface area (Å²) in [5, 5.41) is 0. The molecule has 0 radical (unpaired) electrons. The molecule has 5 nitrogen and oxygen atoms in total. The van der Waals surface area contributed by atoms with Gasteiger partial charge >= 0.3 is 0 Å². The molecule has 2 saturated carbocycles. The van der Waals surface area contributed by atoms with Crippen molar-refractivity contribution in [3.05, 3.63) is 0 Å². The van der Waals surface area contributed by atoms with Gasteiger partial charge in [0, 0.05) is 24.3 Å². The van der Waals surface area contributed by atoms with E-state index in [0.29, 0.717) is 30.8 Å². The molecular formula is C23H40O5S2. The molecule has 2 unspecified atom stereocenters. The molecule has 0 aromatic carbocycles. The van der Waals surface area contributed by atoms with Gasteiger partial charge in [0.25, 0.3) is 10.1 Å². The number of Topliss-reactive ketones (excluding diaryl/α,β-unsaturated/α-hetero) is 2. The molecule has 0 amide bonds. The Balaban J connectivity index is 1.71. The van der Waals surface area contributed by atoms with Crippen molar-refractivity contribution in [2.75, 3.05) is 23.0 Å². The lowest BCUT2D eigenvalue weighted by Gasteiger charge is -2.42. The first-order chi connectivity index (χ1) is 14.1. The largest absolute Gasteiger partial charge is 0.299 e. The summed E-state index contributed by atoms with van der Waals surface area (Å²) in [6.07, 6.45) is 9.68. The minimum Gasteiger partial charge on any atom is -0.299 e. The van der Waals surface area contributed by atoms with E-state index in [1.807, 2.05) is 13.8 Å². The van der Waals surface area contributed by atoms with Crippen LogP contribution < -0.4 is 0 Å². The van der Waals surface area contributed by atoms with Crippen molar-refractivity contribution in [3.8, 4) is 0 Å². The first kappa shape index (κ1) is 24.2. The average Bonchev–Trinajstić information content (AvgIpc) is 2.99. The van der Waals surface area contributed by atoms with Gasteiger partial charge in [-0.25, -0.2) is 3.63 Å². The minimum absolute atomic E-state index is 0.0932. The van der Waals surface area contributed by atoms with Gasteiger partial charge in [0.15, 0.2) is 0 Å². The number of carbonyl (C=O) groups is 2. The molecule has 0 aromatic heterocycles. The van der Waals surface area contributed by atoms with Crippen molar-refractivity contribution in [1.82, 2.24) is 0 Å². The van der Waals surface area contributed by atoms with Crippen LogP contribution in [0.25, 0.3) is 0 Å². The van der Waals surface area contributed by atoms with E-state index in [0.717, 1.165) is 51.4 Å². The zero-order valence-corrected chi connectivity index (χ0v) is 20.7. The van der Waals surface area contributed by atoms with Crippen molar-refractivity contribution in [2.24, 2.45) is 16.7 Å². The van der Waals surface area contributed by atoms with Gasteiger partial charge in [-0.15, -0.1) is 10.3 Å². The number of carbonyl (C=O) groups excluding carboxylic acids is 2. The zero-order chi connectivity index (χ0) is 22.0. The van der Waals surface area contributed by atoms with Crippen molar-refractivity contribution in [3.63, 3.8) is 0 Å². The Labute approximate surface area is 184 Å². The van der Waals surface area contributed by atoms with E-state index < -0.39 is 25.8 Å². The highest BCUT2D eigenvalue weighted by Gasteiger charge is 2.65. The van der Waals surface area contributed by atoms with E-state index in [9.17, 15) is 18.0 Å². The van der Waals surface area contributed by atoms with Gasteiger partial charge in [-0.1, -0.05) is 46.5 Å². The molecule has 2 bridgehead atoms. The Kier molecular flexibility index (Phi) is 7.45. The van der Waals surface area contributed by atoms with Crippen LogP contribution >= 0.6 is 10.3 Å². The number of ketones is 2. The summed E-state index contributed by atoms with van der Waals surface area (Å²) in [7, 11) is -5.85. The maximum absolute atomic E-state index is 13.3. The van der Waals surface area contributed by atoms with Crippen molar-refractivity contribution >= 4 is 32.0 Å². The van der Waals surface area contributed by atoms with Gasteiger partial charge < -0.3 is 0 Å². The van der Waals surface area contributed by atoms with Crippen LogP contribution in [0.2, 0.25) is 0 Å². The topological polar surface area (TPSA) is 77.5 Å². The van der Waals surface area contributed by atoms with Gasteiger partial charge in [0.2, 0.25) is 0 Å². The molecule has 2 atom stereocenters. The minimum atomic E-state index is -3.88. The van der Waals surface area contributed by atoms with E-state index in [1.54, 1.807) is 0 Å². The second-order valence-corrected chi connectivity index (χ2v) is 15.4. The van der Waals surface area contributed by atoms with E-state index >= 15 is 0 Å². The quantitative estimate of drug-likeness (QED) is 0.397. The molecule has 0 N–H and O–H groups in total.